The molecule has 2 unspecified atom stereocenters. The topological polar surface area (TPSA) is 92.5 Å². The van der Waals surface area contributed by atoms with Crippen molar-refractivity contribution in [2.24, 2.45) is 5.73 Å². The Morgan fingerprint density at radius 2 is 2.10 bits per heavy atom. The summed E-state index contributed by atoms with van der Waals surface area (Å²) in [6.07, 6.45) is 2.81. The molecule has 3 N–H and O–H groups in total. The van der Waals surface area contributed by atoms with Crippen LogP contribution in [0.2, 0.25) is 0 Å². The summed E-state index contributed by atoms with van der Waals surface area (Å²) in [6.45, 7) is 5.00. The number of sulfone groups is 1. The van der Waals surface area contributed by atoms with Gasteiger partial charge in [-0.15, -0.1) is 0 Å². The van der Waals surface area contributed by atoms with Gasteiger partial charge in [-0.05, 0) is 33.1 Å². The highest BCUT2D eigenvalue weighted by Crippen LogP contribution is 2.24. The number of nitrogens with two attached hydrogens (primary N) is 1. The third kappa shape index (κ3) is 3.93. The third-order valence-electron chi connectivity index (χ3n) is 4.35. The van der Waals surface area contributed by atoms with Crippen LogP contribution in [0, 0.1) is 0 Å². The van der Waals surface area contributed by atoms with E-state index in [0.717, 1.165) is 12.8 Å². The molecule has 1 saturated heterocycles. The minimum Gasteiger partial charge on any atom is -0.368 e. The zero-order valence-electron chi connectivity index (χ0n) is 12.3. The molecule has 20 heavy (non-hydrogen) atoms. The van der Waals surface area contributed by atoms with E-state index in [1.807, 2.05) is 13.8 Å². The highest BCUT2D eigenvalue weighted by Gasteiger charge is 2.38. The number of amides is 1. The first-order valence-electron chi connectivity index (χ1n) is 7.24. The van der Waals surface area contributed by atoms with Crippen molar-refractivity contribution in [1.29, 1.82) is 0 Å². The molecule has 0 radical (unpaired) electrons. The van der Waals surface area contributed by atoms with Crippen LogP contribution < -0.4 is 11.1 Å². The quantitative estimate of drug-likeness (QED) is 0.689. The minimum absolute atomic E-state index is 0.00630. The van der Waals surface area contributed by atoms with Crippen molar-refractivity contribution in [2.45, 2.75) is 50.7 Å². The first kappa shape index (κ1) is 15.7. The van der Waals surface area contributed by atoms with Crippen molar-refractivity contribution < 1.29 is 13.2 Å². The van der Waals surface area contributed by atoms with Gasteiger partial charge in [0.2, 0.25) is 5.91 Å². The summed E-state index contributed by atoms with van der Waals surface area (Å²) in [5.41, 5.74) is 4.83. The summed E-state index contributed by atoms with van der Waals surface area (Å²) >= 11 is 0. The van der Waals surface area contributed by atoms with Gasteiger partial charge >= 0.3 is 0 Å². The van der Waals surface area contributed by atoms with Gasteiger partial charge in [0.25, 0.3) is 0 Å². The Kier molecular flexibility index (Phi) is 4.41. The van der Waals surface area contributed by atoms with Gasteiger partial charge < -0.3 is 11.1 Å². The highest BCUT2D eigenvalue weighted by molar-refractivity contribution is 7.91. The molecule has 2 atom stereocenters. The molecule has 2 rings (SSSR count). The van der Waals surface area contributed by atoms with E-state index < -0.39 is 15.4 Å². The first-order chi connectivity index (χ1) is 9.22. The number of hydrogen-bond donors (Lipinski definition) is 2. The Hall–Kier alpha value is -0.660. The SMILES string of the molecule is CC1CS(=O)(=O)CCN1CCC(C)(NC1CC1)C(N)=O. The number of hydrogen-bond acceptors (Lipinski definition) is 5. The third-order valence-corrected chi connectivity index (χ3v) is 6.15. The van der Waals surface area contributed by atoms with Crippen LogP contribution in [-0.4, -0.2) is 61.4 Å². The largest absolute Gasteiger partial charge is 0.368 e. The maximum Gasteiger partial charge on any atom is 0.237 e. The van der Waals surface area contributed by atoms with Crippen LogP contribution >= 0.6 is 0 Å². The lowest BCUT2D eigenvalue weighted by atomic mass is 9.96. The molecule has 2 aliphatic rings. The van der Waals surface area contributed by atoms with E-state index >= 15 is 0 Å². The lowest BCUT2D eigenvalue weighted by Crippen LogP contribution is -2.56. The average Bonchev–Trinajstić information content (AvgIpc) is 3.10. The van der Waals surface area contributed by atoms with Crippen molar-refractivity contribution >= 4 is 15.7 Å². The van der Waals surface area contributed by atoms with Crippen molar-refractivity contribution in [3.63, 3.8) is 0 Å². The van der Waals surface area contributed by atoms with Gasteiger partial charge in [0.15, 0.2) is 9.84 Å². The minimum atomic E-state index is -2.89. The molecular formula is C13H25N3O3S. The molecule has 116 valence electrons. The molecular weight excluding hydrogens is 278 g/mol. The lowest BCUT2D eigenvalue weighted by molar-refractivity contribution is -0.124. The fraction of sp³-hybridized carbons (Fsp3) is 0.923. The number of primary amides is 1. The monoisotopic (exact) mass is 303 g/mol. The van der Waals surface area contributed by atoms with Crippen LogP contribution in [0.5, 0.6) is 0 Å². The number of nitrogens with one attached hydrogen (secondary N) is 1. The molecule has 1 amide bonds. The molecule has 7 heteroatoms. The van der Waals surface area contributed by atoms with Gasteiger partial charge in [-0.3, -0.25) is 9.69 Å². The van der Waals surface area contributed by atoms with E-state index in [4.69, 9.17) is 5.73 Å². The summed E-state index contributed by atoms with van der Waals surface area (Å²) in [6, 6.07) is 0.415. The maximum atomic E-state index is 11.7. The van der Waals surface area contributed by atoms with E-state index in [1.54, 1.807) is 0 Å². The second-order valence-corrected chi connectivity index (χ2v) is 8.59. The first-order valence-corrected chi connectivity index (χ1v) is 9.06. The predicted molar refractivity (Wildman–Crippen MR) is 78.1 cm³/mol. The van der Waals surface area contributed by atoms with Crippen molar-refractivity contribution in [1.82, 2.24) is 10.2 Å². The van der Waals surface area contributed by atoms with Gasteiger partial charge in [-0.2, -0.15) is 0 Å². The van der Waals surface area contributed by atoms with Crippen LogP contribution in [0.25, 0.3) is 0 Å². The zero-order chi connectivity index (χ0) is 15.0. The average molecular weight is 303 g/mol. The second kappa shape index (κ2) is 5.61. The number of rotatable bonds is 6. The van der Waals surface area contributed by atoms with Gasteiger partial charge in [0.1, 0.15) is 0 Å². The smallest absolute Gasteiger partial charge is 0.237 e. The molecule has 0 aromatic heterocycles. The van der Waals surface area contributed by atoms with E-state index in [2.05, 4.69) is 10.2 Å². The van der Waals surface area contributed by atoms with Gasteiger partial charge in [-0.25, -0.2) is 8.42 Å². The fourth-order valence-electron chi connectivity index (χ4n) is 2.68. The van der Waals surface area contributed by atoms with Crippen molar-refractivity contribution in [3.8, 4) is 0 Å². The van der Waals surface area contributed by atoms with Crippen molar-refractivity contribution in [3.05, 3.63) is 0 Å². The van der Waals surface area contributed by atoms with E-state index in [1.165, 1.54) is 0 Å². The van der Waals surface area contributed by atoms with Crippen LogP contribution in [0.15, 0.2) is 0 Å². The molecule has 2 fully saturated rings. The summed E-state index contributed by atoms with van der Waals surface area (Å²) < 4.78 is 23.1. The molecule has 1 saturated carbocycles. The van der Waals surface area contributed by atoms with E-state index in [0.29, 0.717) is 25.6 Å². The Labute approximate surface area is 121 Å². The van der Waals surface area contributed by atoms with Crippen molar-refractivity contribution in [2.75, 3.05) is 24.6 Å². The van der Waals surface area contributed by atoms with E-state index in [9.17, 15) is 13.2 Å². The van der Waals surface area contributed by atoms with Crippen LogP contribution in [-0.2, 0) is 14.6 Å². The zero-order valence-corrected chi connectivity index (χ0v) is 13.1. The molecule has 0 bridgehead atoms. The van der Waals surface area contributed by atoms with Gasteiger partial charge in [-0.1, -0.05) is 0 Å². The van der Waals surface area contributed by atoms with Crippen LogP contribution in [0.1, 0.15) is 33.1 Å². The molecule has 6 nitrogen and oxygen atoms in total. The Morgan fingerprint density at radius 3 is 2.60 bits per heavy atom. The molecule has 0 spiro atoms. The molecule has 1 aliphatic carbocycles. The predicted octanol–water partition coefficient (Wildman–Crippen LogP) is -0.509. The second-order valence-electron chi connectivity index (χ2n) is 6.36. The van der Waals surface area contributed by atoms with E-state index in [-0.39, 0.29) is 23.5 Å². The normalized spacial score (nSPS) is 29.8. The molecule has 1 heterocycles. The molecule has 1 aliphatic heterocycles. The number of carbonyl (C=O) groups excluding carboxylic acids is 1. The number of carbonyl (C=O) groups is 1. The molecule has 0 aromatic rings. The summed E-state index contributed by atoms with van der Waals surface area (Å²) in [4.78, 5) is 13.8. The summed E-state index contributed by atoms with van der Waals surface area (Å²) in [7, 11) is -2.89. The Bertz CT molecular complexity index is 475. The van der Waals surface area contributed by atoms with Gasteiger partial charge in [0.05, 0.1) is 17.0 Å². The summed E-state index contributed by atoms with van der Waals surface area (Å²) in [5, 5.41) is 3.32. The molecule has 0 aromatic carbocycles. The highest BCUT2D eigenvalue weighted by atomic mass is 32.2. The Balaban J connectivity index is 1.90. The number of nitrogens with zero attached hydrogens (tertiary/aromatic N) is 1. The summed E-state index contributed by atoms with van der Waals surface area (Å²) in [5.74, 6) is 0.0819. The van der Waals surface area contributed by atoms with Gasteiger partial charge in [0, 0.05) is 25.2 Å². The van der Waals surface area contributed by atoms with Crippen LogP contribution in [0.4, 0.5) is 0 Å². The Morgan fingerprint density at radius 1 is 1.45 bits per heavy atom. The maximum absolute atomic E-state index is 11.7. The lowest BCUT2D eigenvalue weighted by Gasteiger charge is -2.36. The fourth-order valence-corrected chi connectivity index (χ4v) is 4.30. The van der Waals surface area contributed by atoms with Crippen LogP contribution in [0.3, 0.4) is 0 Å². The standard InChI is InChI=1S/C13H25N3O3S/c1-10-9-20(18,19)8-7-16(10)6-5-13(2,12(14)17)15-11-3-4-11/h10-11,15H,3-9H2,1-2H3,(H2,14,17).